The van der Waals surface area contributed by atoms with Crippen molar-refractivity contribution in [2.75, 3.05) is 37.9 Å². The van der Waals surface area contributed by atoms with Crippen LogP contribution in [-0.2, 0) is 4.74 Å². The first-order valence-electron chi connectivity index (χ1n) is 7.63. The summed E-state index contributed by atoms with van der Waals surface area (Å²) >= 11 is 0. The van der Waals surface area contributed by atoms with Gasteiger partial charge in [-0.25, -0.2) is 4.79 Å². The van der Waals surface area contributed by atoms with Crippen LogP contribution in [0, 0.1) is 11.8 Å². The summed E-state index contributed by atoms with van der Waals surface area (Å²) in [4.78, 5) is 11.3. The molecule has 0 saturated carbocycles. The summed E-state index contributed by atoms with van der Waals surface area (Å²) in [5, 5.41) is 8.82. The van der Waals surface area contributed by atoms with E-state index in [4.69, 9.17) is 4.74 Å². The zero-order valence-corrected chi connectivity index (χ0v) is 15.5. The van der Waals surface area contributed by atoms with Crippen molar-refractivity contribution in [1.29, 1.82) is 0 Å². The lowest BCUT2D eigenvalue weighted by Gasteiger charge is -2.07. The first-order valence-corrected chi connectivity index (χ1v) is 10.1. The normalized spacial score (nSPS) is 10.2. The molecule has 2 amide bonds. The molecule has 0 aliphatic rings. The van der Waals surface area contributed by atoms with Crippen molar-refractivity contribution >= 4 is 27.6 Å². The van der Waals surface area contributed by atoms with Gasteiger partial charge in [0, 0.05) is 31.5 Å². The van der Waals surface area contributed by atoms with Crippen LogP contribution in [-0.4, -0.2) is 50.0 Å². The first kappa shape index (κ1) is 21.4. The number of hydrogen-bond donors (Lipinski definition) is 3. The smallest absolute Gasteiger partial charge is 0.315 e. The minimum atomic E-state index is -0.161. The summed E-state index contributed by atoms with van der Waals surface area (Å²) in [6.45, 7) is 8.89. The lowest BCUT2D eigenvalue weighted by Crippen LogP contribution is -2.36. The number of rotatable bonds is 13. The van der Waals surface area contributed by atoms with Crippen molar-refractivity contribution < 1.29 is 9.53 Å². The minimum absolute atomic E-state index is 0.161. The van der Waals surface area contributed by atoms with Crippen LogP contribution < -0.4 is 16.0 Å². The third-order valence-electron chi connectivity index (χ3n) is 2.47. The molecule has 7 heteroatoms. The van der Waals surface area contributed by atoms with Crippen LogP contribution in [0.4, 0.5) is 4.79 Å². The van der Waals surface area contributed by atoms with E-state index in [0.29, 0.717) is 19.1 Å². The molecule has 3 N–H and O–H groups in total. The quantitative estimate of drug-likeness (QED) is 0.207. The lowest BCUT2D eigenvalue weighted by molar-refractivity contribution is 0.178. The minimum Gasteiger partial charge on any atom is -0.370 e. The van der Waals surface area contributed by atoms with Crippen LogP contribution in [0.15, 0.2) is 0 Å². The van der Waals surface area contributed by atoms with E-state index < -0.39 is 0 Å². The molecule has 0 atom stereocenters. The second kappa shape index (κ2) is 16.8. The topological polar surface area (TPSA) is 62.4 Å². The number of unbranched alkanes of at least 4 members (excludes halogenated alkanes) is 1. The van der Waals surface area contributed by atoms with E-state index in [2.05, 4.69) is 41.6 Å². The summed E-state index contributed by atoms with van der Waals surface area (Å²) in [7, 11) is 3.58. The first-order chi connectivity index (χ1) is 10.7. The van der Waals surface area contributed by atoms with Gasteiger partial charge in [-0.2, -0.15) is 0 Å². The van der Waals surface area contributed by atoms with Gasteiger partial charge in [-0.3, -0.25) is 0 Å². The molecule has 128 valence electrons. The molecule has 0 unspecified atom stereocenters. The van der Waals surface area contributed by atoms with Crippen LogP contribution >= 0.6 is 21.6 Å². The Morgan fingerprint density at radius 3 is 2.73 bits per heavy atom. The second-order valence-electron chi connectivity index (χ2n) is 4.82. The number of urea groups is 1. The van der Waals surface area contributed by atoms with Gasteiger partial charge in [0.05, 0.1) is 6.54 Å². The number of carbonyl (C=O) groups is 1. The van der Waals surface area contributed by atoms with Gasteiger partial charge >= 0.3 is 6.03 Å². The monoisotopic (exact) mass is 347 g/mol. The van der Waals surface area contributed by atoms with Gasteiger partial charge in [0.15, 0.2) is 0 Å². The Kier molecular flexibility index (Phi) is 16.4. The Labute approximate surface area is 142 Å². The van der Waals surface area contributed by atoms with Gasteiger partial charge < -0.3 is 20.7 Å². The van der Waals surface area contributed by atoms with Gasteiger partial charge in [0.2, 0.25) is 0 Å². The summed E-state index contributed by atoms with van der Waals surface area (Å²) < 4.78 is 5.52. The predicted molar refractivity (Wildman–Crippen MR) is 98.1 cm³/mol. The highest BCUT2D eigenvalue weighted by Crippen LogP contribution is 2.20. The van der Waals surface area contributed by atoms with Crippen molar-refractivity contribution in [3.8, 4) is 11.8 Å². The lowest BCUT2D eigenvalue weighted by atomic mass is 10.3. The van der Waals surface area contributed by atoms with Crippen LogP contribution in [0.2, 0.25) is 0 Å². The zero-order chi connectivity index (χ0) is 16.5. The van der Waals surface area contributed by atoms with Crippen molar-refractivity contribution in [2.45, 2.75) is 39.7 Å². The Hall–Kier alpha value is -0.550. The fraction of sp³-hybridized carbons (Fsp3) is 0.800. The van der Waals surface area contributed by atoms with Crippen molar-refractivity contribution in [2.24, 2.45) is 0 Å². The Bertz CT molecular complexity index is 330. The molecular formula is C15H29N3O2S2. The van der Waals surface area contributed by atoms with E-state index in [0.717, 1.165) is 37.7 Å². The van der Waals surface area contributed by atoms with Gasteiger partial charge in [0.1, 0.15) is 5.94 Å². The Balaban J connectivity index is 3.13. The average Bonchev–Trinajstić information content (AvgIpc) is 2.48. The van der Waals surface area contributed by atoms with Gasteiger partial charge in [-0.1, -0.05) is 41.4 Å². The second-order valence-corrected chi connectivity index (χ2v) is 7.35. The Morgan fingerprint density at radius 1 is 1.18 bits per heavy atom. The molecule has 0 aromatic heterocycles. The van der Waals surface area contributed by atoms with Gasteiger partial charge in [-0.05, 0) is 19.8 Å². The third-order valence-corrected chi connectivity index (χ3v) is 4.56. The van der Waals surface area contributed by atoms with E-state index in [-0.39, 0.29) is 6.03 Å². The highest BCUT2D eigenvalue weighted by Gasteiger charge is 1.97. The Morgan fingerprint density at radius 2 is 2.00 bits per heavy atom. The van der Waals surface area contributed by atoms with Crippen molar-refractivity contribution in [3.05, 3.63) is 0 Å². The molecule has 0 saturated heterocycles. The molecule has 0 radical (unpaired) electrons. The number of carbonyl (C=O) groups excluding carboxylic acids is 1. The molecule has 0 aromatic carbocycles. The van der Waals surface area contributed by atoms with Crippen molar-refractivity contribution in [1.82, 2.24) is 16.0 Å². The molecule has 0 aromatic rings. The number of amides is 2. The summed E-state index contributed by atoms with van der Waals surface area (Å²) in [6.07, 6.45) is 1.87. The van der Waals surface area contributed by atoms with E-state index in [1.54, 1.807) is 17.7 Å². The molecule has 0 heterocycles. The fourth-order valence-corrected chi connectivity index (χ4v) is 2.97. The number of ether oxygens (including phenoxy) is 1. The van der Waals surface area contributed by atoms with Crippen LogP contribution in [0.25, 0.3) is 0 Å². The molecule has 0 rings (SSSR count). The van der Waals surface area contributed by atoms with Crippen LogP contribution in [0.1, 0.15) is 33.6 Å². The zero-order valence-electron chi connectivity index (χ0n) is 13.9. The molecule has 0 aliphatic heterocycles. The highest BCUT2D eigenvalue weighted by atomic mass is 33.1. The van der Waals surface area contributed by atoms with E-state index in [1.165, 1.54) is 0 Å². The molecule has 0 bridgehead atoms. The van der Waals surface area contributed by atoms with E-state index in [9.17, 15) is 4.79 Å². The fourth-order valence-electron chi connectivity index (χ4n) is 1.38. The molecule has 0 fully saturated rings. The SMILES string of the molecule is CC#CCNC(=O)NCCCCOCSSCCNC(C)C. The van der Waals surface area contributed by atoms with Gasteiger partial charge in [0.25, 0.3) is 0 Å². The van der Waals surface area contributed by atoms with E-state index in [1.807, 2.05) is 10.8 Å². The summed E-state index contributed by atoms with van der Waals surface area (Å²) in [6, 6.07) is 0.391. The van der Waals surface area contributed by atoms with E-state index >= 15 is 0 Å². The maximum Gasteiger partial charge on any atom is 0.315 e. The third kappa shape index (κ3) is 17.5. The maximum atomic E-state index is 11.3. The number of nitrogens with one attached hydrogen (secondary N) is 3. The predicted octanol–water partition coefficient (Wildman–Crippen LogP) is 2.44. The standard InChI is InChI=1S/C15H29N3O2S2/c1-4-5-8-17-15(19)18-9-6-7-11-20-13-22-21-12-10-16-14(2)3/h14,16H,6-13H2,1-3H3,(H2,17,18,19). The molecule has 0 aliphatic carbocycles. The number of hydrogen-bond acceptors (Lipinski definition) is 5. The van der Waals surface area contributed by atoms with Crippen LogP contribution in [0.5, 0.6) is 0 Å². The maximum absolute atomic E-state index is 11.3. The summed E-state index contributed by atoms with van der Waals surface area (Å²) in [5.74, 6) is 7.31. The average molecular weight is 348 g/mol. The van der Waals surface area contributed by atoms with Crippen molar-refractivity contribution in [3.63, 3.8) is 0 Å². The molecule has 5 nitrogen and oxygen atoms in total. The highest BCUT2D eigenvalue weighted by molar-refractivity contribution is 8.76. The van der Waals surface area contributed by atoms with Gasteiger partial charge in [-0.15, -0.1) is 5.92 Å². The largest absolute Gasteiger partial charge is 0.370 e. The summed E-state index contributed by atoms with van der Waals surface area (Å²) in [5.41, 5.74) is 0. The molecule has 22 heavy (non-hydrogen) atoms. The molecular weight excluding hydrogens is 318 g/mol. The van der Waals surface area contributed by atoms with Crippen LogP contribution in [0.3, 0.4) is 0 Å². The molecule has 0 spiro atoms.